The van der Waals surface area contributed by atoms with E-state index >= 15 is 0 Å². The number of rotatable bonds is 4. The minimum absolute atomic E-state index is 0.0115. The summed E-state index contributed by atoms with van der Waals surface area (Å²) in [6.07, 6.45) is -1.01. The molecule has 0 unspecified atom stereocenters. The molecule has 2 fully saturated rings. The highest BCUT2D eigenvalue weighted by Gasteiger charge is 2.40. The van der Waals surface area contributed by atoms with Crippen molar-refractivity contribution in [3.63, 3.8) is 0 Å². The lowest BCUT2D eigenvalue weighted by atomic mass is 9.86. The molecule has 6 nitrogen and oxygen atoms in total. The number of piperidine rings is 1. The van der Waals surface area contributed by atoms with Crippen LogP contribution in [0.25, 0.3) is 0 Å². The SMILES string of the molecule is Cc1ncnc(C)c1C(=O)N1CCC(C)(N2CCN(Cc3ccc(C(F)(F)F)cc3)[C@@H](C)C2)CC1. The van der Waals surface area contributed by atoms with E-state index in [1.54, 1.807) is 12.1 Å². The van der Waals surface area contributed by atoms with Crippen LogP contribution in [0.2, 0.25) is 0 Å². The third-order valence-corrected chi connectivity index (χ3v) is 7.76. The van der Waals surface area contributed by atoms with Gasteiger partial charge < -0.3 is 4.90 Å². The second kappa shape index (κ2) is 9.85. The van der Waals surface area contributed by atoms with Gasteiger partial charge in [0, 0.05) is 50.8 Å². The largest absolute Gasteiger partial charge is 0.416 e. The van der Waals surface area contributed by atoms with Gasteiger partial charge in [-0.3, -0.25) is 14.6 Å². The number of halogens is 3. The Morgan fingerprint density at radius 2 is 1.63 bits per heavy atom. The van der Waals surface area contributed by atoms with Gasteiger partial charge in [0.1, 0.15) is 6.33 Å². The van der Waals surface area contributed by atoms with Crippen molar-refractivity contribution in [1.29, 1.82) is 0 Å². The van der Waals surface area contributed by atoms with E-state index in [4.69, 9.17) is 0 Å². The molecule has 35 heavy (non-hydrogen) atoms. The first-order chi connectivity index (χ1) is 16.5. The molecule has 4 rings (SSSR count). The van der Waals surface area contributed by atoms with Crippen LogP contribution < -0.4 is 0 Å². The molecule has 2 aliphatic rings. The van der Waals surface area contributed by atoms with Crippen LogP contribution in [0.5, 0.6) is 0 Å². The minimum atomic E-state index is -4.31. The van der Waals surface area contributed by atoms with E-state index in [-0.39, 0.29) is 17.5 Å². The van der Waals surface area contributed by atoms with E-state index in [0.29, 0.717) is 36.6 Å². The van der Waals surface area contributed by atoms with Crippen LogP contribution in [0.4, 0.5) is 13.2 Å². The van der Waals surface area contributed by atoms with Crippen LogP contribution in [0.3, 0.4) is 0 Å². The number of aromatic nitrogens is 2. The molecule has 0 saturated carbocycles. The maximum atomic E-state index is 13.1. The Balaban J connectivity index is 1.33. The molecule has 0 bridgehead atoms. The molecule has 1 aromatic heterocycles. The average molecular weight is 490 g/mol. The molecule has 2 aromatic rings. The van der Waals surface area contributed by atoms with Gasteiger partial charge in [0.2, 0.25) is 0 Å². The Labute approximate surface area is 205 Å². The summed E-state index contributed by atoms with van der Waals surface area (Å²) in [6.45, 7) is 12.9. The van der Waals surface area contributed by atoms with Crippen LogP contribution in [-0.2, 0) is 12.7 Å². The molecule has 2 aliphatic heterocycles. The topological polar surface area (TPSA) is 52.6 Å². The summed E-state index contributed by atoms with van der Waals surface area (Å²) in [5.74, 6) is 0.0115. The standard InChI is InChI=1S/C26H34F3N5O/c1-18-15-34(14-13-33(18)16-21-5-7-22(8-6-21)26(27,28)29)25(4)9-11-32(12-10-25)24(35)23-19(2)30-17-31-20(23)3/h5-8,17-18H,9-16H2,1-4H3/t18-/m0/s1. The summed E-state index contributed by atoms with van der Waals surface area (Å²) in [5.41, 5.74) is 2.35. The van der Waals surface area contributed by atoms with Gasteiger partial charge in [-0.05, 0) is 58.2 Å². The number of carbonyl (C=O) groups excluding carboxylic acids is 1. The summed E-state index contributed by atoms with van der Waals surface area (Å²) in [7, 11) is 0. The van der Waals surface area contributed by atoms with Crippen molar-refractivity contribution >= 4 is 5.91 Å². The van der Waals surface area contributed by atoms with Crippen molar-refractivity contribution in [2.75, 3.05) is 32.7 Å². The normalized spacial score (nSPS) is 21.8. The molecule has 9 heteroatoms. The number of aryl methyl sites for hydroxylation is 2. The van der Waals surface area contributed by atoms with Gasteiger partial charge in [0.05, 0.1) is 22.5 Å². The second-order valence-corrected chi connectivity index (χ2v) is 10.2. The monoisotopic (exact) mass is 489 g/mol. The van der Waals surface area contributed by atoms with Gasteiger partial charge in [0.15, 0.2) is 0 Å². The Morgan fingerprint density at radius 3 is 2.17 bits per heavy atom. The van der Waals surface area contributed by atoms with Crippen LogP contribution in [0.15, 0.2) is 30.6 Å². The number of amides is 1. The molecule has 190 valence electrons. The minimum Gasteiger partial charge on any atom is -0.338 e. The number of alkyl halides is 3. The lowest BCUT2D eigenvalue weighted by Crippen LogP contribution is -2.61. The zero-order valence-electron chi connectivity index (χ0n) is 20.9. The molecular weight excluding hydrogens is 455 g/mol. The maximum Gasteiger partial charge on any atom is 0.416 e. The van der Waals surface area contributed by atoms with E-state index in [2.05, 4.69) is 33.6 Å². The van der Waals surface area contributed by atoms with Crippen LogP contribution >= 0.6 is 0 Å². The molecule has 2 saturated heterocycles. The number of benzene rings is 1. The lowest BCUT2D eigenvalue weighted by Gasteiger charge is -2.51. The highest BCUT2D eigenvalue weighted by molar-refractivity contribution is 5.96. The average Bonchev–Trinajstić information content (AvgIpc) is 2.80. The zero-order valence-corrected chi connectivity index (χ0v) is 20.9. The predicted molar refractivity (Wildman–Crippen MR) is 128 cm³/mol. The number of hydrogen-bond acceptors (Lipinski definition) is 5. The first-order valence-electron chi connectivity index (χ1n) is 12.2. The molecular formula is C26H34F3N5O. The Hall–Kier alpha value is -2.52. The lowest BCUT2D eigenvalue weighted by molar-refractivity contribution is -0.137. The molecule has 1 atom stereocenters. The molecule has 3 heterocycles. The van der Waals surface area contributed by atoms with Crippen LogP contribution in [0.1, 0.15) is 59.6 Å². The zero-order chi connectivity index (χ0) is 25.4. The van der Waals surface area contributed by atoms with Gasteiger partial charge in [-0.15, -0.1) is 0 Å². The van der Waals surface area contributed by atoms with Gasteiger partial charge in [-0.25, -0.2) is 9.97 Å². The van der Waals surface area contributed by atoms with Crippen molar-refractivity contribution < 1.29 is 18.0 Å². The Morgan fingerprint density at radius 1 is 1.03 bits per heavy atom. The molecule has 1 amide bonds. The summed E-state index contributed by atoms with van der Waals surface area (Å²) < 4.78 is 38.5. The first-order valence-corrected chi connectivity index (χ1v) is 12.2. The highest BCUT2D eigenvalue weighted by Crippen LogP contribution is 2.33. The first kappa shape index (κ1) is 25.6. The van der Waals surface area contributed by atoms with E-state index in [0.717, 1.165) is 50.2 Å². The van der Waals surface area contributed by atoms with E-state index in [1.165, 1.54) is 6.33 Å². The Bertz CT molecular complexity index is 1030. The highest BCUT2D eigenvalue weighted by atomic mass is 19.4. The number of nitrogens with zero attached hydrogens (tertiary/aromatic N) is 5. The Kier molecular flexibility index (Phi) is 7.20. The summed E-state index contributed by atoms with van der Waals surface area (Å²) in [5, 5.41) is 0. The van der Waals surface area contributed by atoms with Crippen LogP contribution in [-0.4, -0.2) is 74.9 Å². The molecule has 1 aromatic carbocycles. The number of likely N-dealkylation sites (tertiary alicyclic amines) is 1. The molecule has 0 radical (unpaired) electrons. The van der Waals surface area contributed by atoms with Crippen molar-refractivity contribution in [3.05, 3.63) is 58.7 Å². The summed E-state index contributed by atoms with van der Waals surface area (Å²) >= 11 is 0. The molecule has 0 N–H and O–H groups in total. The fraction of sp³-hybridized carbons (Fsp3) is 0.577. The fourth-order valence-corrected chi connectivity index (χ4v) is 5.32. The predicted octanol–water partition coefficient (Wildman–Crippen LogP) is 4.31. The van der Waals surface area contributed by atoms with Crippen molar-refractivity contribution in [3.8, 4) is 0 Å². The molecule has 0 aliphatic carbocycles. The van der Waals surface area contributed by atoms with Gasteiger partial charge in [0.25, 0.3) is 5.91 Å². The fourth-order valence-electron chi connectivity index (χ4n) is 5.32. The smallest absolute Gasteiger partial charge is 0.338 e. The van der Waals surface area contributed by atoms with Crippen molar-refractivity contribution in [1.82, 2.24) is 24.7 Å². The maximum absolute atomic E-state index is 13.1. The third kappa shape index (κ3) is 5.51. The van der Waals surface area contributed by atoms with Gasteiger partial charge in [-0.2, -0.15) is 13.2 Å². The third-order valence-electron chi connectivity index (χ3n) is 7.76. The number of hydrogen-bond donors (Lipinski definition) is 0. The summed E-state index contributed by atoms with van der Waals surface area (Å²) in [4.78, 5) is 28.3. The van der Waals surface area contributed by atoms with Crippen LogP contribution in [0, 0.1) is 13.8 Å². The van der Waals surface area contributed by atoms with Gasteiger partial charge in [-0.1, -0.05) is 12.1 Å². The van der Waals surface area contributed by atoms with E-state index < -0.39 is 11.7 Å². The van der Waals surface area contributed by atoms with E-state index in [9.17, 15) is 18.0 Å². The summed E-state index contributed by atoms with van der Waals surface area (Å²) in [6, 6.07) is 5.77. The molecule has 0 spiro atoms. The number of piperazine rings is 1. The quantitative estimate of drug-likeness (QED) is 0.641. The van der Waals surface area contributed by atoms with Crippen molar-refractivity contribution in [2.24, 2.45) is 0 Å². The second-order valence-electron chi connectivity index (χ2n) is 10.2. The number of carbonyl (C=O) groups is 1. The van der Waals surface area contributed by atoms with Gasteiger partial charge >= 0.3 is 6.18 Å². The van der Waals surface area contributed by atoms with Crippen molar-refractivity contribution in [2.45, 2.75) is 64.8 Å². The van der Waals surface area contributed by atoms with E-state index in [1.807, 2.05) is 18.7 Å².